The summed E-state index contributed by atoms with van der Waals surface area (Å²) >= 11 is 3.51. The van der Waals surface area contributed by atoms with Crippen LogP contribution in [0.4, 0.5) is 4.39 Å². The van der Waals surface area contributed by atoms with Crippen LogP contribution in [0.1, 0.15) is 24.2 Å². The van der Waals surface area contributed by atoms with Gasteiger partial charge in [0.25, 0.3) is 0 Å². The summed E-state index contributed by atoms with van der Waals surface area (Å²) < 4.78 is 20.2. The summed E-state index contributed by atoms with van der Waals surface area (Å²) in [6, 6.07) is 12.3. The molecule has 0 aliphatic heterocycles. The summed E-state index contributed by atoms with van der Waals surface area (Å²) in [7, 11) is 0. The van der Waals surface area contributed by atoms with Crippen LogP contribution in [0.2, 0.25) is 0 Å². The second-order valence-corrected chi connectivity index (χ2v) is 5.68. The van der Waals surface area contributed by atoms with E-state index in [4.69, 9.17) is 10.5 Å². The van der Waals surface area contributed by atoms with Gasteiger partial charge >= 0.3 is 0 Å². The smallest absolute Gasteiger partial charge is 0.140 e. The minimum Gasteiger partial charge on any atom is -0.484 e. The predicted molar refractivity (Wildman–Crippen MR) is 82.3 cm³/mol. The maximum absolute atomic E-state index is 13.3. The van der Waals surface area contributed by atoms with E-state index in [9.17, 15) is 4.39 Å². The Balaban J connectivity index is 2.31. The minimum atomic E-state index is -0.296. The summed E-state index contributed by atoms with van der Waals surface area (Å²) in [4.78, 5) is 0. The van der Waals surface area contributed by atoms with Gasteiger partial charge in [0.1, 0.15) is 17.7 Å². The normalized spacial score (nSPS) is 13.8. The fraction of sp³-hybridized carbons (Fsp3) is 0.250. The Bertz CT molecular complexity index is 601. The Labute approximate surface area is 126 Å². The number of benzene rings is 2. The van der Waals surface area contributed by atoms with Crippen molar-refractivity contribution in [1.29, 1.82) is 0 Å². The van der Waals surface area contributed by atoms with Crippen molar-refractivity contribution in [2.45, 2.75) is 26.0 Å². The molecule has 2 nitrogen and oxygen atoms in total. The molecule has 2 atom stereocenters. The molecule has 0 aromatic heterocycles. The maximum atomic E-state index is 13.3. The van der Waals surface area contributed by atoms with Gasteiger partial charge in [0.15, 0.2) is 0 Å². The number of hydrogen-bond acceptors (Lipinski definition) is 2. The highest BCUT2D eigenvalue weighted by atomic mass is 79.9. The Morgan fingerprint density at radius 2 is 1.90 bits per heavy atom. The highest BCUT2D eigenvalue weighted by Crippen LogP contribution is 2.30. The highest BCUT2D eigenvalue weighted by molar-refractivity contribution is 9.10. The molecule has 2 unspecified atom stereocenters. The van der Waals surface area contributed by atoms with E-state index in [1.165, 1.54) is 6.07 Å². The molecule has 2 rings (SSSR count). The zero-order chi connectivity index (χ0) is 14.7. The highest BCUT2D eigenvalue weighted by Gasteiger charge is 2.20. The lowest BCUT2D eigenvalue weighted by Gasteiger charge is -2.24. The number of rotatable bonds is 4. The first-order valence-electron chi connectivity index (χ1n) is 6.42. The van der Waals surface area contributed by atoms with Crippen LogP contribution in [0.25, 0.3) is 0 Å². The van der Waals surface area contributed by atoms with E-state index in [2.05, 4.69) is 15.9 Å². The lowest BCUT2D eigenvalue weighted by molar-refractivity contribution is 0.179. The van der Waals surface area contributed by atoms with Gasteiger partial charge in [-0.1, -0.05) is 34.1 Å². The van der Waals surface area contributed by atoms with E-state index in [1.54, 1.807) is 19.1 Å². The van der Waals surface area contributed by atoms with Gasteiger partial charge < -0.3 is 10.5 Å². The number of aryl methyl sites for hydroxylation is 1. The molecule has 0 amide bonds. The number of ether oxygens (including phenoxy) is 1. The van der Waals surface area contributed by atoms with Gasteiger partial charge in [-0.3, -0.25) is 0 Å². The third kappa shape index (κ3) is 3.38. The Morgan fingerprint density at radius 1 is 1.20 bits per heavy atom. The van der Waals surface area contributed by atoms with E-state index in [-0.39, 0.29) is 18.0 Å². The van der Waals surface area contributed by atoms with Crippen LogP contribution in [0, 0.1) is 12.7 Å². The van der Waals surface area contributed by atoms with Gasteiger partial charge in [-0.25, -0.2) is 4.39 Å². The summed E-state index contributed by atoms with van der Waals surface area (Å²) in [5, 5.41) is 0. The molecule has 0 aliphatic carbocycles. The van der Waals surface area contributed by atoms with Gasteiger partial charge in [0.2, 0.25) is 0 Å². The molecule has 106 valence electrons. The van der Waals surface area contributed by atoms with Crippen molar-refractivity contribution >= 4 is 15.9 Å². The topological polar surface area (TPSA) is 35.2 Å². The third-order valence-electron chi connectivity index (χ3n) is 3.08. The van der Waals surface area contributed by atoms with Gasteiger partial charge in [-0.05, 0) is 43.7 Å². The van der Waals surface area contributed by atoms with E-state index >= 15 is 0 Å². The van der Waals surface area contributed by atoms with Gasteiger partial charge in [-0.15, -0.1) is 0 Å². The van der Waals surface area contributed by atoms with E-state index in [1.807, 2.05) is 31.2 Å². The number of nitrogens with two attached hydrogens (primary N) is 1. The standard InChI is InChI=1S/C16H17BrFNO/c1-10-9-12(7-8-15(10)18)20-16(11(2)19)13-5-3-4-6-14(13)17/h3-9,11,16H,19H2,1-2H3. The molecule has 0 bridgehead atoms. The molecule has 0 saturated carbocycles. The molecule has 2 aromatic rings. The van der Waals surface area contributed by atoms with Crippen LogP contribution in [0.5, 0.6) is 5.75 Å². The lowest BCUT2D eigenvalue weighted by Crippen LogP contribution is -2.29. The molecule has 0 aliphatic rings. The van der Waals surface area contributed by atoms with E-state index in [0.717, 1.165) is 10.0 Å². The largest absolute Gasteiger partial charge is 0.484 e. The summed E-state index contributed by atoms with van der Waals surface area (Å²) in [5.74, 6) is 0.373. The SMILES string of the molecule is Cc1cc(OC(c2ccccc2Br)C(C)N)ccc1F. The van der Waals surface area contributed by atoms with Gasteiger partial charge in [0.05, 0.1) is 0 Å². The number of halogens is 2. The Hall–Kier alpha value is -1.39. The van der Waals surface area contributed by atoms with Crippen LogP contribution >= 0.6 is 15.9 Å². The fourth-order valence-electron chi connectivity index (χ4n) is 2.00. The lowest BCUT2D eigenvalue weighted by atomic mass is 10.0. The Kier molecular flexibility index (Phi) is 4.78. The molecule has 4 heteroatoms. The molecule has 2 aromatic carbocycles. The molecule has 20 heavy (non-hydrogen) atoms. The molecular formula is C16H17BrFNO. The van der Waals surface area contributed by atoms with Gasteiger partial charge in [0, 0.05) is 16.1 Å². The van der Waals surface area contributed by atoms with Crippen molar-refractivity contribution in [3.63, 3.8) is 0 Å². The van der Waals surface area contributed by atoms with Crippen LogP contribution in [-0.4, -0.2) is 6.04 Å². The average molecular weight is 338 g/mol. The van der Waals surface area contributed by atoms with Crippen molar-refractivity contribution in [1.82, 2.24) is 0 Å². The quantitative estimate of drug-likeness (QED) is 0.899. The molecule has 0 spiro atoms. The molecule has 0 fully saturated rings. The first kappa shape index (κ1) is 15.0. The summed E-state index contributed by atoms with van der Waals surface area (Å²) in [6.45, 7) is 3.60. The van der Waals surface area contributed by atoms with Crippen molar-refractivity contribution in [3.8, 4) is 5.75 Å². The second kappa shape index (κ2) is 6.37. The average Bonchev–Trinajstić information content (AvgIpc) is 2.41. The van der Waals surface area contributed by atoms with Crippen LogP contribution in [0.3, 0.4) is 0 Å². The molecule has 0 heterocycles. The Morgan fingerprint density at radius 3 is 2.50 bits per heavy atom. The first-order chi connectivity index (χ1) is 9.49. The minimum absolute atomic E-state index is 0.195. The zero-order valence-corrected chi connectivity index (χ0v) is 13.0. The van der Waals surface area contributed by atoms with Crippen LogP contribution in [-0.2, 0) is 0 Å². The monoisotopic (exact) mass is 337 g/mol. The molecule has 2 N–H and O–H groups in total. The van der Waals surface area contributed by atoms with E-state index < -0.39 is 0 Å². The van der Waals surface area contributed by atoms with Crippen molar-refractivity contribution in [2.75, 3.05) is 0 Å². The van der Waals surface area contributed by atoms with Crippen LogP contribution in [0.15, 0.2) is 46.9 Å². The molecule has 0 radical (unpaired) electrons. The molecular weight excluding hydrogens is 321 g/mol. The zero-order valence-electron chi connectivity index (χ0n) is 11.4. The van der Waals surface area contributed by atoms with Crippen LogP contribution < -0.4 is 10.5 Å². The summed E-state index contributed by atoms with van der Waals surface area (Å²) in [5.41, 5.74) is 7.56. The third-order valence-corrected chi connectivity index (χ3v) is 3.80. The molecule has 0 saturated heterocycles. The predicted octanol–water partition coefficient (Wildman–Crippen LogP) is 4.36. The summed E-state index contributed by atoms with van der Waals surface area (Å²) in [6.07, 6.45) is -0.296. The fourth-order valence-corrected chi connectivity index (χ4v) is 2.51. The van der Waals surface area contributed by atoms with Gasteiger partial charge in [-0.2, -0.15) is 0 Å². The number of hydrogen-bond donors (Lipinski definition) is 1. The maximum Gasteiger partial charge on any atom is 0.140 e. The van der Waals surface area contributed by atoms with E-state index in [0.29, 0.717) is 11.3 Å². The first-order valence-corrected chi connectivity index (χ1v) is 7.21. The van der Waals surface area contributed by atoms with Crippen molar-refractivity contribution in [2.24, 2.45) is 5.73 Å². The van der Waals surface area contributed by atoms with Crippen molar-refractivity contribution in [3.05, 3.63) is 63.9 Å². The second-order valence-electron chi connectivity index (χ2n) is 4.83. The van der Waals surface area contributed by atoms with Crippen molar-refractivity contribution < 1.29 is 9.13 Å².